The molecule has 0 aliphatic carbocycles. The van der Waals surface area contributed by atoms with Gasteiger partial charge in [0.2, 0.25) is 5.91 Å². The van der Waals surface area contributed by atoms with Gasteiger partial charge in [-0.1, -0.05) is 40.2 Å². The highest BCUT2D eigenvalue weighted by atomic mass is 79.9. The zero-order chi connectivity index (χ0) is 17.3. The van der Waals surface area contributed by atoms with Crippen LogP contribution < -0.4 is 5.43 Å². The minimum atomic E-state index is -0.437. The van der Waals surface area contributed by atoms with Gasteiger partial charge in [-0.05, 0) is 23.8 Å². The third-order valence-corrected chi connectivity index (χ3v) is 4.29. The Morgan fingerprint density at radius 1 is 1.25 bits per heavy atom. The van der Waals surface area contributed by atoms with Crippen LogP contribution in [0, 0.1) is 10.1 Å². The maximum atomic E-state index is 12.0. The van der Waals surface area contributed by atoms with E-state index < -0.39 is 4.92 Å². The number of hydrogen-bond acceptors (Lipinski definition) is 4. The molecule has 2 aromatic carbocycles. The Balaban J connectivity index is 1.99. The van der Waals surface area contributed by atoms with Crippen LogP contribution in [0.3, 0.4) is 0 Å². The van der Waals surface area contributed by atoms with E-state index in [1.807, 2.05) is 30.3 Å². The van der Waals surface area contributed by atoms with Gasteiger partial charge in [-0.2, -0.15) is 0 Å². The summed E-state index contributed by atoms with van der Waals surface area (Å²) in [7, 11) is 0. The van der Waals surface area contributed by atoms with Crippen LogP contribution in [0.2, 0.25) is 0 Å². The fraction of sp³-hybridized carbons (Fsp3) is 0.118. The van der Waals surface area contributed by atoms with Crippen molar-refractivity contribution in [3.63, 3.8) is 0 Å². The van der Waals surface area contributed by atoms with Crippen molar-refractivity contribution in [3.05, 3.63) is 80.3 Å². The normalized spacial score (nSPS) is 16.5. The van der Waals surface area contributed by atoms with Gasteiger partial charge in [0, 0.05) is 29.1 Å². The average molecular weight is 388 g/mol. The first-order valence-electron chi connectivity index (χ1n) is 7.24. The van der Waals surface area contributed by atoms with Gasteiger partial charge >= 0.3 is 0 Å². The summed E-state index contributed by atoms with van der Waals surface area (Å²) in [6.45, 7) is 1.48. The summed E-state index contributed by atoms with van der Waals surface area (Å²) in [5.74, 6) is -0.139. The van der Waals surface area contributed by atoms with Gasteiger partial charge in [-0.15, -0.1) is 0 Å². The van der Waals surface area contributed by atoms with Gasteiger partial charge < -0.3 is 0 Å². The molecular formula is C17H14BrN3O3. The van der Waals surface area contributed by atoms with Crippen molar-refractivity contribution < 1.29 is 9.72 Å². The summed E-state index contributed by atoms with van der Waals surface area (Å²) in [5.41, 5.74) is 5.33. The molecule has 1 atom stereocenters. The number of carbonyl (C=O) groups excluding carboxylic acids is 1. The number of non-ortho nitro benzene ring substituents is 1. The monoisotopic (exact) mass is 387 g/mol. The molecule has 2 aromatic rings. The maximum Gasteiger partial charge on any atom is 0.270 e. The Labute approximate surface area is 147 Å². The molecule has 0 radical (unpaired) electrons. The van der Waals surface area contributed by atoms with E-state index in [9.17, 15) is 14.9 Å². The predicted molar refractivity (Wildman–Crippen MR) is 93.6 cm³/mol. The molecule has 7 heteroatoms. The zero-order valence-corrected chi connectivity index (χ0v) is 14.4. The summed E-state index contributed by atoms with van der Waals surface area (Å²) in [4.78, 5) is 22.5. The van der Waals surface area contributed by atoms with Gasteiger partial charge in [0.1, 0.15) is 0 Å². The summed E-state index contributed by atoms with van der Waals surface area (Å²) >= 11 is 3.39. The van der Waals surface area contributed by atoms with Gasteiger partial charge in [-0.3, -0.25) is 20.3 Å². The number of hydrogen-bond donors (Lipinski definition) is 1. The second-order valence-corrected chi connectivity index (χ2v) is 6.30. The van der Waals surface area contributed by atoms with Gasteiger partial charge in [0.25, 0.3) is 5.69 Å². The van der Waals surface area contributed by atoms with Crippen LogP contribution >= 0.6 is 15.9 Å². The summed E-state index contributed by atoms with van der Waals surface area (Å²) in [5, 5.41) is 12.5. The van der Waals surface area contributed by atoms with Crippen molar-refractivity contribution in [2.75, 3.05) is 0 Å². The molecule has 122 valence electrons. The molecule has 0 spiro atoms. The molecule has 3 rings (SSSR count). The van der Waals surface area contributed by atoms with Crippen molar-refractivity contribution in [1.82, 2.24) is 10.4 Å². The number of nitro groups is 1. The number of hydrazine groups is 1. The van der Waals surface area contributed by atoms with E-state index in [1.165, 1.54) is 24.1 Å². The Kier molecular flexibility index (Phi) is 4.35. The van der Waals surface area contributed by atoms with Crippen LogP contribution in [-0.4, -0.2) is 15.8 Å². The molecule has 0 aromatic heterocycles. The quantitative estimate of drug-likeness (QED) is 0.641. The fourth-order valence-electron chi connectivity index (χ4n) is 2.60. The Bertz CT molecular complexity index is 833. The largest absolute Gasteiger partial charge is 0.295 e. The Morgan fingerprint density at radius 2 is 1.96 bits per heavy atom. The van der Waals surface area contributed by atoms with E-state index in [0.29, 0.717) is 11.3 Å². The lowest BCUT2D eigenvalue weighted by Crippen LogP contribution is -2.37. The molecule has 0 fully saturated rings. The number of rotatable bonds is 3. The molecule has 0 unspecified atom stereocenters. The molecule has 1 heterocycles. The lowest BCUT2D eigenvalue weighted by Gasteiger charge is -2.24. The highest BCUT2D eigenvalue weighted by Crippen LogP contribution is 2.32. The third-order valence-electron chi connectivity index (χ3n) is 3.76. The topological polar surface area (TPSA) is 75.5 Å². The van der Waals surface area contributed by atoms with Crippen molar-refractivity contribution in [2.45, 2.75) is 13.0 Å². The van der Waals surface area contributed by atoms with E-state index in [0.717, 1.165) is 10.0 Å². The minimum Gasteiger partial charge on any atom is -0.295 e. The van der Waals surface area contributed by atoms with Crippen LogP contribution in [0.1, 0.15) is 24.1 Å². The Hall–Kier alpha value is -2.67. The average Bonchev–Trinajstić information content (AvgIpc) is 3.01. The number of benzene rings is 2. The number of amides is 1. The molecular weight excluding hydrogens is 374 g/mol. The molecule has 1 amide bonds. The van der Waals surface area contributed by atoms with E-state index >= 15 is 0 Å². The summed E-state index contributed by atoms with van der Waals surface area (Å²) < 4.78 is 0.953. The van der Waals surface area contributed by atoms with Crippen LogP contribution in [-0.2, 0) is 4.79 Å². The van der Waals surface area contributed by atoms with Crippen molar-refractivity contribution in [3.8, 4) is 0 Å². The van der Waals surface area contributed by atoms with E-state index in [1.54, 1.807) is 12.1 Å². The molecule has 0 bridgehead atoms. The Morgan fingerprint density at radius 3 is 2.58 bits per heavy atom. The highest BCUT2D eigenvalue weighted by molar-refractivity contribution is 9.10. The molecule has 1 N–H and O–H groups in total. The minimum absolute atomic E-state index is 0.0108. The lowest BCUT2D eigenvalue weighted by molar-refractivity contribution is -0.384. The predicted octanol–water partition coefficient (Wildman–Crippen LogP) is 3.81. The number of halogens is 1. The molecule has 0 saturated heterocycles. The molecule has 0 saturated carbocycles. The van der Waals surface area contributed by atoms with E-state index in [4.69, 9.17) is 0 Å². The SMILES string of the molecule is CC(=O)N1NC(c2cccc([N+](=O)[O-])c2)=C[C@H]1c1ccc(Br)cc1. The number of nitrogens with one attached hydrogen (secondary N) is 1. The van der Waals surface area contributed by atoms with Crippen LogP contribution in [0.5, 0.6) is 0 Å². The second kappa shape index (κ2) is 6.45. The van der Waals surface area contributed by atoms with Gasteiger partial charge in [-0.25, -0.2) is 5.01 Å². The maximum absolute atomic E-state index is 12.0. The summed E-state index contributed by atoms with van der Waals surface area (Å²) in [6, 6.07) is 13.7. The zero-order valence-electron chi connectivity index (χ0n) is 12.8. The lowest BCUT2D eigenvalue weighted by atomic mass is 10.0. The molecule has 24 heavy (non-hydrogen) atoms. The first kappa shape index (κ1) is 16.2. The smallest absolute Gasteiger partial charge is 0.270 e. The third kappa shape index (κ3) is 3.16. The summed E-state index contributed by atoms with van der Waals surface area (Å²) in [6.07, 6.45) is 1.89. The molecule has 6 nitrogen and oxygen atoms in total. The van der Waals surface area contributed by atoms with Crippen LogP contribution in [0.15, 0.2) is 59.1 Å². The van der Waals surface area contributed by atoms with Crippen LogP contribution in [0.4, 0.5) is 5.69 Å². The van der Waals surface area contributed by atoms with Gasteiger partial charge in [0.15, 0.2) is 0 Å². The molecule has 1 aliphatic heterocycles. The standard InChI is InChI=1S/C17H14BrN3O3/c1-11(22)20-17(12-5-7-14(18)8-6-12)10-16(19-20)13-3-2-4-15(9-13)21(23)24/h2-10,17,19H,1H3/t17-/m0/s1. The number of carbonyl (C=O) groups is 1. The van der Waals surface area contributed by atoms with Crippen molar-refractivity contribution >= 4 is 33.2 Å². The molecule has 1 aliphatic rings. The fourth-order valence-corrected chi connectivity index (χ4v) is 2.86. The number of nitro benzene ring substituents is 1. The van der Waals surface area contributed by atoms with E-state index in [2.05, 4.69) is 21.4 Å². The van der Waals surface area contributed by atoms with E-state index in [-0.39, 0.29) is 17.6 Å². The first-order valence-corrected chi connectivity index (χ1v) is 8.03. The first-order chi connectivity index (χ1) is 11.5. The number of nitrogens with zero attached hydrogens (tertiary/aromatic N) is 2. The van der Waals surface area contributed by atoms with Crippen molar-refractivity contribution in [2.24, 2.45) is 0 Å². The van der Waals surface area contributed by atoms with Crippen LogP contribution in [0.25, 0.3) is 5.70 Å². The second-order valence-electron chi connectivity index (χ2n) is 5.38. The van der Waals surface area contributed by atoms with Gasteiger partial charge in [0.05, 0.1) is 16.7 Å². The van der Waals surface area contributed by atoms with Crippen molar-refractivity contribution in [1.29, 1.82) is 0 Å². The highest BCUT2D eigenvalue weighted by Gasteiger charge is 2.29.